The first-order chi connectivity index (χ1) is 8.29. The van der Waals surface area contributed by atoms with Crippen LogP contribution in [-0.4, -0.2) is 29.1 Å². The lowest BCUT2D eigenvalue weighted by atomic mass is 10.3. The zero-order valence-electron chi connectivity index (χ0n) is 9.65. The van der Waals surface area contributed by atoms with Crippen LogP contribution in [0.1, 0.15) is 19.3 Å². The third-order valence-corrected chi connectivity index (χ3v) is 2.62. The Morgan fingerprint density at radius 3 is 2.88 bits per heavy atom. The maximum Gasteiger partial charge on any atom is 0.227 e. The van der Waals surface area contributed by atoms with Gasteiger partial charge in [0.05, 0.1) is 11.9 Å². The summed E-state index contributed by atoms with van der Waals surface area (Å²) in [5.41, 5.74) is 0.731. The number of amides is 1. The number of aliphatic hydroxyl groups is 1. The topological polar surface area (TPSA) is 74.2 Å². The number of aliphatic hydroxyl groups excluding tert-OH is 1. The zero-order valence-corrected chi connectivity index (χ0v) is 9.65. The van der Waals surface area contributed by atoms with E-state index in [1.807, 2.05) is 12.1 Å². The van der Waals surface area contributed by atoms with Gasteiger partial charge in [-0.25, -0.2) is 4.98 Å². The van der Waals surface area contributed by atoms with Gasteiger partial charge in [0, 0.05) is 19.1 Å². The number of nitrogens with zero attached hydrogens (tertiary/aromatic N) is 1. The number of carbonyl (C=O) groups is 1. The second kappa shape index (κ2) is 5.63. The predicted molar refractivity (Wildman–Crippen MR) is 65.8 cm³/mol. The summed E-state index contributed by atoms with van der Waals surface area (Å²) < 4.78 is 0. The van der Waals surface area contributed by atoms with Gasteiger partial charge in [-0.05, 0) is 31.4 Å². The SMILES string of the molecule is O=C(Nc1ccc(NCCCO)nc1)C1CC1. The molecule has 1 heterocycles. The number of pyridine rings is 1. The fourth-order valence-electron chi connectivity index (χ4n) is 1.46. The fourth-order valence-corrected chi connectivity index (χ4v) is 1.46. The standard InChI is InChI=1S/C12H17N3O2/c16-7-1-6-13-11-5-4-10(8-14-11)15-12(17)9-2-3-9/h4-5,8-9,16H,1-3,6-7H2,(H,13,14)(H,15,17). The summed E-state index contributed by atoms with van der Waals surface area (Å²) in [4.78, 5) is 15.7. The fraction of sp³-hybridized carbons (Fsp3) is 0.500. The molecule has 0 saturated heterocycles. The van der Waals surface area contributed by atoms with Crippen LogP contribution < -0.4 is 10.6 Å². The highest BCUT2D eigenvalue weighted by atomic mass is 16.3. The van der Waals surface area contributed by atoms with Crippen LogP contribution in [0.25, 0.3) is 0 Å². The largest absolute Gasteiger partial charge is 0.396 e. The van der Waals surface area contributed by atoms with Crippen LogP contribution in [0.3, 0.4) is 0 Å². The van der Waals surface area contributed by atoms with E-state index in [0.717, 1.165) is 24.3 Å². The van der Waals surface area contributed by atoms with Crippen molar-refractivity contribution in [3.8, 4) is 0 Å². The Morgan fingerprint density at radius 1 is 1.47 bits per heavy atom. The molecule has 0 bridgehead atoms. The Labute approximate surface area is 100 Å². The third kappa shape index (κ3) is 3.71. The van der Waals surface area contributed by atoms with E-state index >= 15 is 0 Å². The minimum atomic E-state index is 0.0905. The van der Waals surface area contributed by atoms with E-state index in [4.69, 9.17) is 5.11 Å². The molecule has 5 nitrogen and oxygen atoms in total. The van der Waals surface area contributed by atoms with Crippen molar-refractivity contribution >= 4 is 17.4 Å². The molecule has 1 amide bonds. The van der Waals surface area contributed by atoms with Crippen molar-refractivity contribution in [3.05, 3.63) is 18.3 Å². The molecule has 0 atom stereocenters. The number of rotatable bonds is 6. The number of hydrogen-bond acceptors (Lipinski definition) is 4. The van der Waals surface area contributed by atoms with Crippen LogP contribution >= 0.6 is 0 Å². The molecular weight excluding hydrogens is 218 g/mol. The van der Waals surface area contributed by atoms with Crippen molar-refractivity contribution in [2.45, 2.75) is 19.3 Å². The summed E-state index contributed by atoms with van der Waals surface area (Å²) in [5, 5.41) is 14.5. The lowest BCUT2D eigenvalue weighted by Crippen LogP contribution is -2.13. The van der Waals surface area contributed by atoms with Gasteiger partial charge in [0.1, 0.15) is 5.82 Å². The zero-order chi connectivity index (χ0) is 12.1. The summed E-state index contributed by atoms with van der Waals surface area (Å²) in [5.74, 6) is 1.05. The van der Waals surface area contributed by atoms with Gasteiger partial charge < -0.3 is 15.7 Å². The van der Waals surface area contributed by atoms with Gasteiger partial charge in [-0.15, -0.1) is 0 Å². The maximum atomic E-state index is 11.5. The van der Waals surface area contributed by atoms with Crippen LogP contribution in [0, 0.1) is 5.92 Å². The van der Waals surface area contributed by atoms with E-state index in [1.54, 1.807) is 6.20 Å². The molecule has 1 aromatic rings. The molecule has 92 valence electrons. The van der Waals surface area contributed by atoms with Gasteiger partial charge in [-0.3, -0.25) is 4.79 Å². The van der Waals surface area contributed by atoms with E-state index in [-0.39, 0.29) is 18.4 Å². The van der Waals surface area contributed by atoms with E-state index < -0.39 is 0 Å². The Kier molecular flexibility index (Phi) is 3.93. The highest BCUT2D eigenvalue weighted by Crippen LogP contribution is 2.30. The molecule has 1 aliphatic rings. The molecule has 1 aliphatic carbocycles. The van der Waals surface area contributed by atoms with E-state index in [9.17, 15) is 4.79 Å². The minimum absolute atomic E-state index is 0.0905. The van der Waals surface area contributed by atoms with Crippen LogP contribution in [0.4, 0.5) is 11.5 Å². The average molecular weight is 235 g/mol. The minimum Gasteiger partial charge on any atom is -0.396 e. The highest BCUT2D eigenvalue weighted by Gasteiger charge is 2.29. The monoisotopic (exact) mass is 235 g/mol. The van der Waals surface area contributed by atoms with Gasteiger partial charge in [0.2, 0.25) is 5.91 Å². The second-order valence-corrected chi connectivity index (χ2v) is 4.20. The Balaban J connectivity index is 1.82. The summed E-state index contributed by atoms with van der Waals surface area (Å²) in [6, 6.07) is 3.65. The van der Waals surface area contributed by atoms with Crippen molar-refractivity contribution in [2.24, 2.45) is 5.92 Å². The molecule has 1 saturated carbocycles. The van der Waals surface area contributed by atoms with Gasteiger partial charge in [-0.2, -0.15) is 0 Å². The number of nitrogens with one attached hydrogen (secondary N) is 2. The first-order valence-electron chi connectivity index (χ1n) is 5.91. The first-order valence-corrected chi connectivity index (χ1v) is 5.91. The first kappa shape index (κ1) is 11.9. The van der Waals surface area contributed by atoms with Gasteiger partial charge in [-0.1, -0.05) is 0 Å². The van der Waals surface area contributed by atoms with Gasteiger partial charge >= 0.3 is 0 Å². The van der Waals surface area contributed by atoms with Crippen molar-refractivity contribution in [1.82, 2.24) is 4.98 Å². The molecule has 0 aliphatic heterocycles. The Hall–Kier alpha value is -1.62. The molecule has 1 aromatic heterocycles. The molecule has 3 N–H and O–H groups in total. The summed E-state index contributed by atoms with van der Waals surface area (Å²) in [6.45, 7) is 0.861. The molecule has 0 spiro atoms. The number of aromatic nitrogens is 1. The highest BCUT2D eigenvalue weighted by molar-refractivity contribution is 5.93. The van der Waals surface area contributed by atoms with Crippen LogP contribution in [0.5, 0.6) is 0 Å². The number of anilines is 2. The molecule has 1 fully saturated rings. The van der Waals surface area contributed by atoms with E-state index in [1.165, 1.54) is 0 Å². The van der Waals surface area contributed by atoms with Gasteiger partial charge in [0.15, 0.2) is 0 Å². The molecule has 5 heteroatoms. The smallest absolute Gasteiger partial charge is 0.227 e. The maximum absolute atomic E-state index is 11.5. The molecular formula is C12H17N3O2. The van der Waals surface area contributed by atoms with Crippen LogP contribution in [0.15, 0.2) is 18.3 Å². The predicted octanol–water partition coefficient (Wildman–Crippen LogP) is 1.22. The Morgan fingerprint density at radius 2 is 2.29 bits per heavy atom. The lowest BCUT2D eigenvalue weighted by Gasteiger charge is -2.06. The van der Waals surface area contributed by atoms with Crippen LogP contribution in [0.2, 0.25) is 0 Å². The quantitative estimate of drug-likeness (QED) is 0.648. The number of carbonyl (C=O) groups excluding carboxylic acids is 1. The van der Waals surface area contributed by atoms with Crippen LogP contribution in [-0.2, 0) is 4.79 Å². The van der Waals surface area contributed by atoms with E-state index in [0.29, 0.717) is 13.0 Å². The Bertz CT molecular complexity index is 374. The van der Waals surface area contributed by atoms with Crippen molar-refractivity contribution in [3.63, 3.8) is 0 Å². The number of hydrogen-bond donors (Lipinski definition) is 3. The molecule has 0 radical (unpaired) electrons. The van der Waals surface area contributed by atoms with Crippen molar-refractivity contribution < 1.29 is 9.90 Å². The molecule has 17 heavy (non-hydrogen) atoms. The van der Waals surface area contributed by atoms with E-state index in [2.05, 4.69) is 15.6 Å². The molecule has 0 aromatic carbocycles. The van der Waals surface area contributed by atoms with Crippen molar-refractivity contribution in [2.75, 3.05) is 23.8 Å². The average Bonchev–Trinajstić information content (AvgIpc) is 3.16. The normalized spacial score (nSPS) is 14.4. The molecule has 2 rings (SSSR count). The second-order valence-electron chi connectivity index (χ2n) is 4.20. The van der Waals surface area contributed by atoms with Gasteiger partial charge in [0.25, 0.3) is 0 Å². The summed E-state index contributed by atoms with van der Waals surface area (Å²) in [7, 11) is 0. The van der Waals surface area contributed by atoms with Crippen molar-refractivity contribution in [1.29, 1.82) is 0 Å². The summed E-state index contributed by atoms with van der Waals surface area (Å²) in [6.07, 6.45) is 4.34. The lowest BCUT2D eigenvalue weighted by molar-refractivity contribution is -0.117. The molecule has 0 unspecified atom stereocenters. The summed E-state index contributed by atoms with van der Waals surface area (Å²) >= 11 is 0. The third-order valence-electron chi connectivity index (χ3n) is 2.62.